The molecule has 2 fully saturated rings. The van der Waals surface area contributed by atoms with Gasteiger partial charge in [-0.25, -0.2) is 4.79 Å². The lowest BCUT2D eigenvalue weighted by Gasteiger charge is -2.32. The molecule has 4 nitrogen and oxygen atoms in total. The molecule has 1 heterocycles. The number of primary amides is 1. The summed E-state index contributed by atoms with van der Waals surface area (Å²) in [7, 11) is 0. The summed E-state index contributed by atoms with van der Waals surface area (Å²) in [6, 6.07) is 0.209. The van der Waals surface area contributed by atoms with E-state index in [2.05, 4.69) is 12.2 Å². The highest BCUT2D eigenvalue weighted by Crippen LogP contribution is 2.43. The van der Waals surface area contributed by atoms with Crippen LogP contribution in [0.3, 0.4) is 0 Å². The topological polar surface area (TPSA) is 58.4 Å². The Balaban J connectivity index is 2.14. The van der Waals surface area contributed by atoms with Crippen LogP contribution in [-0.2, 0) is 0 Å². The van der Waals surface area contributed by atoms with Gasteiger partial charge < -0.3 is 16.0 Å². The average molecular weight is 155 g/mol. The van der Waals surface area contributed by atoms with Crippen LogP contribution >= 0.6 is 0 Å². The third-order valence-electron chi connectivity index (χ3n) is 2.82. The summed E-state index contributed by atoms with van der Waals surface area (Å²) < 4.78 is 0. The molecule has 2 unspecified atom stereocenters. The van der Waals surface area contributed by atoms with Crippen molar-refractivity contribution in [2.45, 2.75) is 24.9 Å². The monoisotopic (exact) mass is 155 g/mol. The first kappa shape index (κ1) is 6.91. The molecule has 0 aromatic rings. The third kappa shape index (κ3) is 0.822. The van der Waals surface area contributed by atoms with Gasteiger partial charge >= 0.3 is 6.03 Å². The second-order valence-corrected chi connectivity index (χ2v) is 3.56. The summed E-state index contributed by atoms with van der Waals surface area (Å²) in [6.45, 7) is 3.71. The van der Waals surface area contributed by atoms with Crippen molar-refractivity contribution in [2.75, 3.05) is 13.1 Å². The van der Waals surface area contributed by atoms with E-state index in [1.54, 1.807) is 4.90 Å². The number of nitrogens with zero attached hydrogens (tertiary/aromatic N) is 1. The number of hydrogen-bond donors (Lipinski definition) is 2. The van der Waals surface area contributed by atoms with Gasteiger partial charge in [0.2, 0.25) is 0 Å². The molecule has 3 N–H and O–H groups in total. The molecule has 0 radical (unpaired) electrons. The number of nitrogens with one attached hydrogen (secondary N) is 1. The van der Waals surface area contributed by atoms with Crippen molar-refractivity contribution < 1.29 is 4.79 Å². The first-order valence-corrected chi connectivity index (χ1v) is 3.95. The fourth-order valence-corrected chi connectivity index (χ4v) is 1.91. The van der Waals surface area contributed by atoms with E-state index < -0.39 is 0 Å². The molecule has 1 aliphatic carbocycles. The van der Waals surface area contributed by atoms with E-state index in [-0.39, 0.29) is 11.6 Å². The number of nitrogens with two attached hydrogens (primary N) is 1. The van der Waals surface area contributed by atoms with Gasteiger partial charge in [0.15, 0.2) is 0 Å². The molecular formula is C7H13N3O. The molecule has 1 saturated carbocycles. The molecule has 2 rings (SSSR count). The highest BCUT2D eigenvalue weighted by atomic mass is 16.2. The Morgan fingerprint density at radius 1 is 1.82 bits per heavy atom. The Morgan fingerprint density at radius 2 is 2.55 bits per heavy atom. The fourth-order valence-electron chi connectivity index (χ4n) is 1.91. The molecule has 0 spiro atoms. The van der Waals surface area contributed by atoms with Crippen molar-refractivity contribution in [1.82, 2.24) is 10.2 Å². The molecule has 0 aromatic carbocycles. The maximum Gasteiger partial charge on any atom is 0.315 e. The van der Waals surface area contributed by atoms with Crippen molar-refractivity contribution in [3.8, 4) is 0 Å². The molecular weight excluding hydrogens is 142 g/mol. The van der Waals surface area contributed by atoms with E-state index in [4.69, 9.17) is 5.73 Å². The number of amides is 2. The Labute approximate surface area is 65.7 Å². The Bertz CT molecular complexity index is 206. The van der Waals surface area contributed by atoms with Crippen LogP contribution in [0.15, 0.2) is 0 Å². The highest BCUT2D eigenvalue weighted by molar-refractivity contribution is 5.74. The molecule has 0 bridgehead atoms. The molecule has 2 aliphatic rings. The van der Waals surface area contributed by atoms with Crippen LogP contribution in [0, 0.1) is 0 Å². The minimum Gasteiger partial charge on any atom is -0.351 e. The Kier molecular flexibility index (Phi) is 1.18. The van der Waals surface area contributed by atoms with Crippen LogP contribution in [-0.4, -0.2) is 35.6 Å². The second-order valence-electron chi connectivity index (χ2n) is 3.56. The van der Waals surface area contributed by atoms with Gasteiger partial charge in [0, 0.05) is 19.1 Å². The van der Waals surface area contributed by atoms with Gasteiger partial charge in [0.1, 0.15) is 0 Å². The smallest absolute Gasteiger partial charge is 0.315 e. The van der Waals surface area contributed by atoms with Gasteiger partial charge in [-0.3, -0.25) is 0 Å². The fraction of sp³-hybridized carbons (Fsp3) is 0.857. The maximum absolute atomic E-state index is 10.9. The van der Waals surface area contributed by atoms with Crippen molar-refractivity contribution in [2.24, 2.45) is 5.73 Å². The molecule has 62 valence electrons. The SMILES string of the molecule is CC12CC1NCCN2C(N)=O. The zero-order valence-electron chi connectivity index (χ0n) is 6.63. The number of hydrogen-bond acceptors (Lipinski definition) is 2. The first-order chi connectivity index (χ1) is 5.14. The maximum atomic E-state index is 10.9. The number of piperazine rings is 1. The molecule has 2 amide bonds. The number of carbonyl (C=O) groups is 1. The summed E-state index contributed by atoms with van der Waals surface area (Å²) >= 11 is 0. The zero-order chi connectivity index (χ0) is 8.06. The van der Waals surface area contributed by atoms with Crippen LogP contribution in [0.1, 0.15) is 13.3 Å². The number of rotatable bonds is 0. The van der Waals surface area contributed by atoms with Crippen molar-refractivity contribution >= 4 is 6.03 Å². The Hall–Kier alpha value is -0.770. The number of fused-ring (bicyclic) bond motifs is 1. The van der Waals surface area contributed by atoms with Crippen molar-refractivity contribution in [1.29, 1.82) is 0 Å². The molecule has 1 aliphatic heterocycles. The predicted molar refractivity (Wildman–Crippen MR) is 41.1 cm³/mol. The van der Waals surface area contributed by atoms with Crippen molar-refractivity contribution in [3.05, 3.63) is 0 Å². The van der Waals surface area contributed by atoms with Gasteiger partial charge in [0.25, 0.3) is 0 Å². The minimum absolute atomic E-state index is 0.0318. The summed E-state index contributed by atoms with van der Waals surface area (Å²) in [6.07, 6.45) is 1.05. The first-order valence-electron chi connectivity index (χ1n) is 3.95. The van der Waals surface area contributed by atoms with Crippen LogP contribution in [0.25, 0.3) is 0 Å². The van der Waals surface area contributed by atoms with Crippen molar-refractivity contribution in [3.63, 3.8) is 0 Å². The molecule has 2 atom stereocenters. The van der Waals surface area contributed by atoms with Gasteiger partial charge in [-0.05, 0) is 13.3 Å². The molecule has 4 heteroatoms. The van der Waals surface area contributed by atoms with E-state index in [9.17, 15) is 4.79 Å². The van der Waals surface area contributed by atoms with Crippen LogP contribution < -0.4 is 11.1 Å². The third-order valence-corrected chi connectivity index (χ3v) is 2.82. The molecule has 0 aromatic heterocycles. The summed E-state index contributed by atoms with van der Waals surface area (Å²) in [5.74, 6) is 0. The standard InChI is InChI=1S/C7H13N3O/c1-7-4-5(7)9-2-3-10(7)6(8)11/h5,9H,2-4H2,1H3,(H2,8,11). The summed E-state index contributed by atoms with van der Waals surface area (Å²) in [5, 5.41) is 3.33. The molecule has 1 saturated heterocycles. The quantitative estimate of drug-likeness (QED) is 0.495. The minimum atomic E-state index is -0.281. The Morgan fingerprint density at radius 3 is 3.09 bits per heavy atom. The van der Waals surface area contributed by atoms with E-state index in [0.29, 0.717) is 6.04 Å². The average Bonchev–Trinajstić information content (AvgIpc) is 2.58. The normalized spacial score (nSPS) is 41.5. The van der Waals surface area contributed by atoms with Gasteiger partial charge in [0.05, 0.1) is 5.54 Å². The van der Waals surface area contributed by atoms with E-state index >= 15 is 0 Å². The summed E-state index contributed by atoms with van der Waals surface area (Å²) in [4.78, 5) is 12.7. The van der Waals surface area contributed by atoms with E-state index in [1.807, 2.05) is 0 Å². The molecule has 11 heavy (non-hydrogen) atoms. The van der Waals surface area contributed by atoms with Crippen LogP contribution in [0.2, 0.25) is 0 Å². The second kappa shape index (κ2) is 1.88. The lowest BCUT2D eigenvalue weighted by atomic mass is 10.2. The van der Waals surface area contributed by atoms with E-state index in [1.165, 1.54) is 0 Å². The van der Waals surface area contributed by atoms with Crippen LogP contribution in [0.5, 0.6) is 0 Å². The van der Waals surface area contributed by atoms with Gasteiger partial charge in [-0.1, -0.05) is 0 Å². The number of carbonyl (C=O) groups excluding carboxylic acids is 1. The van der Waals surface area contributed by atoms with Gasteiger partial charge in [-0.2, -0.15) is 0 Å². The number of urea groups is 1. The largest absolute Gasteiger partial charge is 0.351 e. The zero-order valence-corrected chi connectivity index (χ0v) is 6.63. The van der Waals surface area contributed by atoms with Crippen LogP contribution in [0.4, 0.5) is 4.79 Å². The summed E-state index contributed by atoms with van der Waals surface area (Å²) in [5.41, 5.74) is 5.26. The highest BCUT2D eigenvalue weighted by Gasteiger charge is 2.57. The predicted octanol–water partition coefficient (Wildman–Crippen LogP) is -0.499. The van der Waals surface area contributed by atoms with E-state index in [0.717, 1.165) is 19.5 Å². The van der Waals surface area contributed by atoms with Gasteiger partial charge in [-0.15, -0.1) is 0 Å². The lowest BCUT2D eigenvalue weighted by molar-refractivity contribution is 0.165. The lowest BCUT2D eigenvalue weighted by Crippen LogP contribution is -2.54.